The summed E-state index contributed by atoms with van der Waals surface area (Å²) in [6.07, 6.45) is 1.89. The van der Waals surface area contributed by atoms with Gasteiger partial charge in [-0.1, -0.05) is 34.3 Å². The van der Waals surface area contributed by atoms with Crippen LogP contribution < -0.4 is 10.6 Å². The van der Waals surface area contributed by atoms with Crippen LogP contribution >= 0.6 is 0 Å². The van der Waals surface area contributed by atoms with Crippen LogP contribution in [0.5, 0.6) is 0 Å². The van der Waals surface area contributed by atoms with Gasteiger partial charge in [-0.15, -0.1) is 0 Å². The molecule has 1 aliphatic rings. The Bertz CT molecular complexity index is 467. The van der Waals surface area contributed by atoms with E-state index in [1.807, 2.05) is 40.0 Å². The Hall–Kier alpha value is -1.55. The molecular weight excluding hydrogens is 248 g/mol. The molecule has 1 fully saturated rings. The van der Waals surface area contributed by atoms with Crippen molar-refractivity contribution in [3.8, 4) is 0 Å². The predicted molar refractivity (Wildman–Crippen MR) is 90.3 cm³/mol. The van der Waals surface area contributed by atoms with Gasteiger partial charge in [-0.3, -0.25) is 0 Å². The van der Waals surface area contributed by atoms with Crippen molar-refractivity contribution in [3.05, 3.63) is 22.8 Å². The molecule has 0 aliphatic carbocycles. The SMILES string of the molecule is C=N/C(=c1/cc[nH]c1=C)N1CCN(C)CC1.CC.CC. The third-order valence-electron chi connectivity index (χ3n) is 3.03. The number of hydrogen-bond donors (Lipinski definition) is 1. The predicted octanol–water partition coefficient (Wildman–Crippen LogP) is 1.49. The van der Waals surface area contributed by atoms with E-state index in [9.17, 15) is 0 Å². The van der Waals surface area contributed by atoms with Crippen LogP contribution in [-0.2, 0) is 0 Å². The number of H-pyrrole nitrogens is 1. The van der Waals surface area contributed by atoms with E-state index in [-0.39, 0.29) is 0 Å². The number of rotatable bonds is 2. The van der Waals surface area contributed by atoms with Gasteiger partial charge in [0, 0.05) is 42.9 Å². The van der Waals surface area contributed by atoms with Crippen molar-refractivity contribution in [2.24, 2.45) is 4.99 Å². The summed E-state index contributed by atoms with van der Waals surface area (Å²) in [5.74, 6) is 0.944. The quantitative estimate of drug-likeness (QED) is 0.832. The summed E-state index contributed by atoms with van der Waals surface area (Å²) in [6.45, 7) is 19.7. The van der Waals surface area contributed by atoms with E-state index in [2.05, 4.69) is 40.1 Å². The van der Waals surface area contributed by atoms with Crippen molar-refractivity contribution >= 4 is 19.1 Å². The van der Waals surface area contributed by atoms with Crippen molar-refractivity contribution in [2.75, 3.05) is 33.2 Å². The molecule has 0 bridgehead atoms. The van der Waals surface area contributed by atoms with Crippen LogP contribution in [0, 0.1) is 0 Å². The highest BCUT2D eigenvalue weighted by Crippen LogP contribution is 2.08. The van der Waals surface area contributed by atoms with Crippen LogP contribution in [0.15, 0.2) is 17.3 Å². The van der Waals surface area contributed by atoms with E-state index in [0.29, 0.717) is 0 Å². The molecule has 4 heteroatoms. The molecule has 1 aliphatic heterocycles. The molecule has 1 N–H and O–H groups in total. The molecule has 0 saturated carbocycles. The number of aliphatic imine (C=N–C) groups is 1. The third-order valence-corrected chi connectivity index (χ3v) is 3.03. The molecule has 0 aromatic carbocycles. The van der Waals surface area contributed by atoms with Gasteiger partial charge in [-0.2, -0.15) is 0 Å². The number of aromatic nitrogens is 1. The van der Waals surface area contributed by atoms with Crippen molar-refractivity contribution in [2.45, 2.75) is 27.7 Å². The largest absolute Gasteiger partial charge is 0.362 e. The second kappa shape index (κ2) is 10.3. The Morgan fingerprint density at radius 3 is 2.10 bits per heavy atom. The zero-order valence-corrected chi connectivity index (χ0v) is 13.7. The van der Waals surface area contributed by atoms with Gasteiger partial charge >= 0.3 is 0 Å². The first-order valence-corrected chi connectivity index (χ1v) is 7.49. The maximum absolute atomic E-state index is 4.15. The van der Waals surface area contributed by atoms with Gasteiger partial charge in [-0.25, -0.2) is 4.99 Å². The first-order valence-electron chi connectivity index (χ1n) is 7.49. The van der Waals surface area contributed by atoms with E-state index in [1.165, 1.54) is 0 Å². The van der Waals surface area contributed by atoms with Crippen molar-refractivity contribution in [3.63, 3.8) is 0 Å². The van der Waals surface area contributed by atoms with Gasteiger partial charge in [0.05, 0.1) is 0 Å². The van der Waals surface area contributed by atoms with Crippen molar-refractivity contribution < 1.29 is 0 Å². The maximum Gasteiger partial charge on any atom is 0.137 e. The van der Waals surface area contributed by atoms with E-state index in [4.69, 9.17) is 0 Å². The van der Waals surface area contributed by atoms with Crippen LogP contribution in [0.2, 0.25) is 0 Å². The van der Waals surface area contributed by atoms with Crippen LogP contribution in [0.25, 0.3) is 12.4 Å². The first-order chi connectivity index (χ1) is 9.72. The molecule has 0 radical (unpaired) electrons. The van der Waals surface area contributed by atoms with E-state index >= 15 is 0 Å². The average molecular weight is 278 g/mol. The molecule has 4 nitrogen and oxygen atoms in total. The van der Waals surface area contributed by atoms with Crippen molar-refractivity contribution in [1.82, 2.24) is 14.8 Å². The summed E-state index contributed by atoms with van der Waals surface area (Å²) in [5, 5.41) is 1.96. The third kappa shape index (κ3) is 4.85. The highest BCUT2D eigenvalue weighted by molar-refractivity contribution is 5.49. The number of likely N-dealkylation sites (N-methyl/N-ethyl adjacent to an activating group) is 1. The number of nitrogens with zero attached hydrogens (tertiary/aromatic N) is 3. The molecule has 20 heavy (non-hydrogen) atoms. The molecule has 1 aromatic heterocycles. The lowest BCUT2D eigenvalue weighted by Crippen LogP contribution is -2.45. The van der Waals surface area contributed by atoms with Gasteiger partial charge in [0.1, 0.15) is 5.82 Å². The Labute approximate surface area is 123 Å². The second-order valence-electron chi connectivity index (χ2n) is 4.14. The van der Waals surface area contributed by atoms with Gasteiger partial charge in [0.2, 0.25) is 0 Å². The minimum absolute atomic E-state index is 0.904. The van der Waals surface area contributed by atoms with Crippen molar-refractivity contribution in [1.29, 1.82) is 0 Å². The van der Waals surface area contributed by atoms with E-state index in [1.54, 1.807) is 0 Å². The summed E-state index contributed by atoms with van der Waals surface area (Å²) in [4.78, 5) is 11.8. The van der Waals surface area contributed by atoms with Crippen LogP contribution in [-0.4, -0.2) is 54.7 Å². The first kappa shape index (κ1) is 18.4. The average Bonchev–Trinajstić information content (AvgIpc) is 2.92. The molecule has 114 valence electrons. The van der Waals surface area contributed by atoms with Gasteiger partial charge in [-0.05, 0) is 19.8 Å². The molecule has 1 saturated heterocycles. The Morgan fingerprint density at radius 2 is 1.70 bits per heavy atom. The fourth-order valence-corrected chi connectivity index (χ4v) is 1.99. The molecular formula is C16H30N4. The Kier molecular flexibility index (Phi) is 9.47. The van der Waals surface area contributed by atoms with Gasteiger partial charge in [0.25, 0.3) is 0 Å². The summed E-state index contributed by atoms with van der Waals surface area (Å²) in [7, 11) is 2.14. The lowest BCUT2D eigenvalue weighted by Gasteiger charge is -2.33. The number of piperazine rings is 1. The zero-order chi connectivity index (χ0) is 15.5. The maximum atomic E-state index is 4.15. The van der Waals surface area contributed by atoms with E-state index < -0.39 is 0 Å². The fraction of sp³-hybridized carbons (Fsp3) is 0.562. The summed E-state index contributed by atoms with van der Waals surface area (Å²) >= 11 is 0. The summed E-state index contributed by atoms with van der Waals surface area (Å²) < 4.78 is 0. The van der Waals surface area contributed by atoms with Crippen LogP contribution in [0.3, 0.4) is 0 Å². The number of aromatic amines is 1. The second-order valence-corrected chi connectivity index (χ2v) is 4.14. The van der Waals surface area contributed by atoms with Crippen LogP contribution in [0.1, 0.15) is 27.7 Å². The molecule has 1 aromatic rings. The Morgan fingerprint density at radius 1 is 1.15 bits per heavy atom. The lowest BCUT2D eigenvalue weighted by atomic mass is 10.3. The smallest absolute Gasteiger partial charge is 0.137 e. The number of hydrogen-bond acceptors (Lipinski definition) is 3. The summed E-state index contributed by atoms with van der Waals surface area (Å²) in [6, 6.07) is 2.00. The van der Waals surface area contributed by atoms with Gasteiger partial charge < -0.3 is 14.8 Å². The summed E-state index contributed by atoms with van der Waals surface area (Å²) in [5.41, 5.74) is 0. The Balaban J connectivity index is 0.000000829. The zero-order valence-electron chi connectivity index (χ0n) is 13.7. The number of nitrogens with one attached hydrogen (secondary N) is 1. The molecule has 0 spiro atoms. The van der Waals surface area contributed by atoms with E-state index in [0.717, 1.165) is 42.6 Å². The highest BCUT2D eigenvalue weighted by Gasteiger charge is 2.16. The molecule has 0 amide bonds. The molecule has 0 atom stereocenters. The topological polar surface area (TPSA) is 34.6 Å². The van der Waals surface area contributed by atoms with Crippen LogP contribution in [0.4, 0.5) is 0 Å². The standard InChI is InChI=1S/C12H18N4.2C2H6/c1-10-11(4-5-14-10)12(13-2)16-8-6-15(3)7-9-16;2*1-2/h4-5,14H,1-2,6-9H2,3H3;2*1-2H3/b12-11+;;. The molecule has 0 unspecified atom stereocenters. The normalized spacial score (nSPS) is 16.4. The molecule has 2 rings (SSSR count). The monoisotopic (exact) mass is 278 g/mol. The molecule has 2 heterocycles. The van der Waals surface area contributed by atoms with Gasteiger partial charge in [0.15, 0.2) is 0 Å². The fourth-order valence-electron chi connectivity index (χ4n) is 1.99. The minimum Gasteiger partial charge on any atom is -0.362 e. The lowest BCUT2D eigenvalue weighted by molar-refractivity contribution is 0.204. The minimum atomic E-state index is 0.904. The highest BCUT2D eigenvalue weighted by atomic mass is 15.3.